The maximum absolute atomic E-state index is 12.1. The Morgan fingerprint density at radius 3 is 2.73 bits per heavy atom. The van der Waals surface area contributed by atoms with Crippen LogP contribution in [0.25, 0.3) is 11.2 Å². The number of nitrogens with one attached hydrogen (secondary N) is 1. The molecule has 0 radical (unpaired) electrons. The summed E-state index contributed by atoms with van der Waals surface area (Å²) in [5, 5.41) is 3.13. The second-order valence-electron chi connectivity index (χ2n) is 7.77. The quantitative estimate of drug-likeness (QED) is 0.304. The zero-order chi connectivity index (χ0) is 24.0. The van der Waals surface area contributed by atoms with Gasteiger partial charge in [0, 0.05) is 0 Å². The van der Waals surface area contributed by atoms with E-state index in [2.05, 4.69) is 20.3 Å². The molecule has 0 saturated carbocycles. The molecule has 0 spiro atoms. The Morgan fingerprint density at radius 1 is 1.21 bits per heavy atom. The Labute approximate surface area is 198 Å². The molecule has 10 nitrogen and oxygen atoms in total. The molecule has 2 heterocycles. The highest BCUT2D eigenvalue weighted by molar-refractivity contribution is 8.03. The highest BCUT2D eigenvalue weighted by atomic mass is 32.4. The number of nitrogens with two attached hydrogens (primary N) is 1. The van der Waals surface area contributed by atoms with Gasteiger partial charge in [0.25, 0.3) is 0 Å². The summed E-state index contributed by atoms with van der Waals surface area (Å²) in [6, 6.07) is 6.82. The molecule has 2 aromatic heterocycles. The van der Waals surface area contributed by atoms with Gasteiger partial charge in [0.2, 0.25) is 0 Å². The first-order chi connectivity index (χ1) is 15.7. The van der Waals surface area contributed by atoms with Crippen LogP contribution in [-0.4, -0.2) is 50.1 Å². The number of fused-ring (bicyclic) bond motifs is 1. The number of anilines is 2. The number of esters is 1. The molecule has 178 valence electrons. The van der Waals surface area contributed by atoms with Gasteiger partial charge in [0.05, 0.1) is 30.8 Å². The molecule has 1 aromatic carbocycles. The Kier molecular flexibility index (Phi) is 8.60. The normalized spacial score (nSPS) is 14.1. The number of rotatable bonds is 11. The lowest BCUT2D eigenvalue weighted by Crippen LogP contribution is -2.30. The molecule has 33 heavy (non-hydrogen) atoms. The molecule has 3 N–H and O–H groups in total. The fourth-order valence-corrected chi connectivity index (χ4v) is 4.40. The van der Waals surface area contributed by atoms with E-state index in [1.54, 1.807) is 13.3 Å². The van der Waals surface area contributed by atoms with Crippen molar-refractivity contribution in [1.82, 2.24) is 19.5 Å². The van der Waals surface area contributed by atoms with Crippen molar-refractivity contribution >= 4 is 47.4 Å². The molecular formula is C21H29N6O4PS. The Morgan fingerprint density at radius 2 is 1.97 bits per heavy atom. The zero-order valence-electron chi connectivity index (χ0n) is 19.0. The molecule has 3 atom stereocenters. The van der Waals surface area contributed by atoms with E-state index < -0.39 is 13.0 Å². The highest BCUT2D eigenvalue weighted by Gasteiger charge is 2.18. The monoisotopic (exact) mass is 492 g/mol. The zero-order valence-corrected chi connectivity index (χ0v) is 20.8. The number of carbonyl (C=O) groups is 1. The van der Waals surface area contributed by atoms with Crippen LogP contribution in [0.3, 0.4) is 0 Å². The number of nitrogen functional groups attached to an aromatic ring is 1. The van der Waals surface area contributed by atoms with E-state index in [9.17, 15) is 4.79 Å². The third-order valence-electron chi connectivity index (χ3n) is 4.56. The van der Waals surface area contributed by atoms with Gasteiger partial charge in [-0.15, -0.1) is 0 Å². The SMILES string of the molecule is CC(C)OC(=O)[C@H](C)Nc1ccccc1O[PH](=S)COC(C)Cn1cnc2c(N)ncnc21. The average Bonchev–Trinajstić information content (AvgIpc) is 3.17. The predicted octanol–water partition coefficient (Wildman–Crippen LogP) is 3.19. The van der Waals surface area contributed by atoms with Gasteiger partial charge < -0.3 is 29.6 Å². The van der Waals surface area contributed by atoms with Crippen molar-refractivity contribution in [1.29, 1.82) is 0 Å². The Hall–Kier alpha value is -2.75. The highest BCUT2D eigenvalue weighted by Crippen LogP contribution is 2.34. The van der Waals surface area contributed by atoms with Crippen molar-refractivity contribution in [3.8, 4) is 5.75 Å². The molecule has 0 bridgehead atoms. The maximum atomic E-state index is 12.1. The van der Waals surface area contributed by atoms with Crippen LogP contribution < -0.4 is 15.6 Å². The Balaban J connectivity index is 1.54. The van der Waals surface area contributed by atoms with Crippen LogP contribution in [0.15, 0.2) is 36.9 Å². The lowest BCUT2D eigenvalue weighted by atomic mass is 10.2. The second-order valence-corrected chi connectivity index (χ2v) is 10.4. The summed E-state index contributed by atoms with van der Waals surface area (Å²) in [5.74, 6) is 0.588. The lowest BCUT2D eigenvalue weighted by molar-refractivity contribution is -0.147. The van der Waals surface area contributed by atoms with E-state index in [1.807, 2.05) is 49.6 Å². The summed E-state index contributed by atoms with van der Waals surface area (Å²) < 4.78 is 19.0. The van der Waals surface area contributed by atoms with Crippen molar-refractivity contribution in [3.05, 3.63) is 36.9 Å². The van der Waals surface area contributed by atoms with Crippen LogP contribution in [0.4, 0.5) is 11.5 Å². The van der Waals surface area contributed by atoms with Crippen LogP contribution in [0.1, 0.15) is 27.7 Å². The molecule has 0 aliphatic heterocycles. The molecule has 12 heteroatoms. The predicted molar refractivity (Wildman–Crippen MR) is 132 cm³/mol. The molecule has 3 rings (SSSR count). The van der Waals surface area contributed by atoms with E-state index in [1.165, 1.54) is 6.33 Å². The van der Waals surface area contributed by atoms with Crippen LogP contribution >= 0.6 is 6.92 Å². The minimum absolute atomic E-state index is 0.149. The fraction of sp³-hybridized carbons (Fsp3) is 0.429. The van der Waals surface area contributed by atoms with Gasteiger partial charge in [-0.2, -0.15) is 0 Å². The van der Waals surface area contributed by atoms with E-state index in [0.717, 1.165) is 0 Å². The fourth-order valence-electron chi connectivity index (χ4n) is 3.03. The van der Waals surface area contributed by atoms with Crippen LogP contribution in [0, 0.1) is 0 Å². The number of aromatic nitrogens is 4. The number of nitrogens with zero attached hydrogens (tertiary/aromatic N) is 4. The van der Waals surface area contributed by atoms with Crippen molar-refractivity contribution < 1.29 is 18.8 Å². The third kappa shape index (κ3) is 6.86. The van der Waals surface area contributed by atoms with E-state index in [-0.39, 0.29) is 18.2 Å². The topological polar surface area (TPSA) is 126 Å². The van der Waals surface area contributed by atoms with Crippen molar-refractivity contribution in [2.24, 2.45) is 0 Å². The van der Waals surface area contributed by atoms with Crippen LogP contribution in [-0.2, 0) is 32.6 Å². The smallest absolute Gasteiger partial charge is 0.328 e. The summed E-state index contributed by atoms with van der Waals surface area (Å²) in [4.78, 5) is 24.6. The van der Waals surface area contributed by atoms with Gasteiger partial charge in [-0.3, -0.25) is 0 Å². The van der Waals surface area contributed by atoms with Crippen molar-refractivity contribution in [2.45, 2.75) is 52.5 Å². The summed E-state index contributed by atoms with van der Waals surface area (Å²) in [7, 11) is 0. The average molecular weight is 493 g/mol. The number of hydrogen-bond donors (Lipinski definition) is 2. The molecule has 0 fully saturated rings. The summed E-state index contributed by atoms with van der Waals surface area (Å²) >= 11 is 5.54. The van der Waals surface area contributed by atoms with Gasteiger partial charge in [-0.1, -0.05) is 23.9 Å². The van der Waals surface area contributed by atoms with Crippen molar-refractivity contribution in [3.63, 3.8) is 0 Å². The summed E-state index contributed by atoms with van der Waals surface area (Å²) in [5.41, 5.74) is 7.73. The first-order valence-corrected chi connectivity index (χ1v) is 13.3. The standard InChI is InChI=1S/C21H29N6O4PS/c1-13(2)30-21(28)15(4)26-16-7-5-6-8-17(16)31-32(33)12-29-14(3)9-27-11-25-18-19(22)23-10-24-20(18)27/h5-8,10-11,13-15,26,32H,9,12H2,1-4H3,(H2,22,23,24)/t14?,15-/m0/s1. The molecular weight excluding hydrogens is 463 g/mol. The van der Waals surface area contributed by atoms with Gasteiger partial charge in [0.1, 0.15) is 36.9 Å². The number of para-hydroxylation sites is 2. The molecule has 0 amide bonds. The lowest BCUT2D eigenvalue weighted by Gasteiger charge is -2.20. The molecule has 0 aliphatic carbocycles. The molecule has 0 aliphatic rings. The number of imidazole rings is 1. The molecule has 2 unspecified atom stereocenters. The van der Waals surface area contributed by atoms with Gasteiger partial charge in [-0.05, 0) is 39.8 Å². The van der Waals surface area contributed by atoms with Crippen molar-refractivity contribution in [2.75, 3.05) is 17.4 Å². The summed E-state index contributed by atoms with van der Waals surface area (Å²) in [6.45, 7) is 6.12. The maximum Gasteiger partial charge on any atom is 0.328 e. The number of ether oxygens (including phenoxy) is 2. The molecule has 0 saturated heterocycles. The Bertz CT molecular complexity index is 1130. The minimum atomic E-state index is -1.73. The minimum Gasteiger partial charge on any atom is -0.465 e. The van der Waals surface area contributed by atoms with Crippen LogP contribution in [0.5, 0.6) is 5.75 Å². The largest absolute Gasteiger partial charge is 0.465 e. The van der Waals surface area contributed by atoms with E-state index in [0.29, 0.717) is 41.3 Å². The first kappa shape index (κ1) is 24.9. The van der Waals surface area contributed by atoms with Crippen LogP contribution in [0.2, 0.25) is 0 Å². The second kappa shape index (κ2) is 11.4. The first-order valence-electron chi connectivity index (χ1n) is 10.5. The number of hydrogen-bond acceptors (Lipinski definition) is 10. The molecule has 3 aromatic rings. The van der Waals surface area contributed by atoms with Gasteiger partial charge in [0.15, 0.2) is 11.5 Å². The number of benzene rings is 1. The van der Waals surface area contributed by atoms with Gasteiger partial charge >= 0.3 is 5.97 Å². The van der Waals surface area contributed by atoms with E-state index >= 15 is 0 Å². The summed E-state index contributed by atoms with van der Waals surface area (Å²) in [6.07, 6.45) is 3.04. The van der Waals surface area contributed by atoms with E-state index in [4.69, 9.17) is 31.5 Å². The number of carbonyl (C=O) groups excluding carboxylic acids is 1. The van der Waals surface area contributed by atoms with Gasteiger partial charge in [-0.25, -0.2) is 19.7 Å². The third-order valence-corrected chi connectivity index (χ3v) is 6.01.